The Hall–Kier alpha value is -4.53. The van der Waals surface area contributed by atoms with Crippen LogP contribution < -0.4 is 18.9 Å². The van der Waals surface area contributed by atoms with Crippen LogP contribution in [0.25, 0.3) is 5.76 Å². The van der Waals surface area contributed by atoms with Gasteiger partial charge < -0.3 is 29.0 Å². The minimum absolute atomic E-state index is 0.0191. The molecule has 40 heavy (non-hydrogen) atoms. The number of nitrogens with zero attached hydrogens (tertiary/aromatic N) is 2. The number of aliphatic hydroxyl groups is 1. The number of aromatic nitrogens is 1. The van der Waals surface area contributed by atoms with Gasteiger partial charge in [-0.05, 0) is 60.0 Å². The molecule has 0 saturated carbocycles. The number of methoxy groups -OCH3 is 1. The van der Waals surface area contributed by atoms with Crippen LogP contribution in [0, 0.1) is 0 Å². The van der Waals surface area contributed by atoms with Crippen LogP contribution in [-0.4, -0.2) is 53.6 Å². The Morgan fingerprint density at radius 1 is 1.00 bits per heavy atom. The van der Waals surface area contributed by atoms with Gasteiger partial charge >= 0.3 is 0 Å². The summed E-state index contributed by atoms with van der Waals surface area (Å²) in [5, 5.41) is 11.5. The van der Waals surface area contributed by atoms with E-state index in [2.05, 4.69) is 11.9 Å². The molecule has 3 aromatic rings. The predicted octanol–water partition coefficient (Wildman–Crippen LogP) is 5.05. The van der Waals surface area contributed by atoms with Crippen molar-refractivity contribution in [3.8, 4) is 23.0 Å². The minimum Gasteiger partial charge on any atom is -0.507 e. The van der Waals surface area contributed by atoms with E-state index in [0.717, 1.165) is 24.8 Å². The summed E-state index contributed by atoms with van der Waals surface area (Å²) in [6.07, 6.45) is 6.32. The van der Waals surface area contributed by atoms with E-state index >= 15 is 0 Å². The summed E-state index contributed by atoms with van der Waals surface area (Å²) in [4.78, 5) is 32.4. The molecule has 1 N–H and O–H groups in total. The van der Waals surface area contributed by atoms with Crippen molar-refractivity contribution in [2.75, 3.05) is 26.9 Å². The number of carbonyl (C=O) groups is 2. The maximum atomic E-state index is 13.5. The second-order valence-corrected chi connectivity index (χ2v) is 9.61. The molecule has 208 valence electrons. The molecule has 5 rings (SSSR count). The number of likely N-dealkylation sites (tertiary alicyclic amines) is 1. The second-order valence-electron chi connectivity index (χ2n) is 9.61. The Bertz CT molecular complexity index is 1420. The van der Waals surface area contributed by atoms with Gasteiger partial charge in [-0.3, -0.25) is 14.6 Å². The Kier molecular flexibility index (Phi) is 8.19. The van der Waals surface area contributed by atoms with Crippen LogP contribution in [0.1, 0.15) is 48.9 Å². The summed E-state index contributed by atoms with van der Waals surface area (Å²) < 4.78 is 22.8. The molecule has 0 radical (unpaired) electrons. The molecular weight excluding hydrogens is 512 g/mol. The van der Waals surface area contributed by atoms with Crippen LogP contribution in [0.3, 0.4) is 0 Å². The first kappa shape index (κ1) is 27.1. The number of rotatable bonds is 10. The first-order chi connectivity index (χ1) is 19.5. The predicted molar refractivity (Wildman–Crippen MR) is 148 cm³/mol. The van der Waals surface area contributed by atoms with E-state index in [1.165, 1.54) is 4.90 Å². The van der Waals surface area contributed by atoms with Gasteiger partial charge in [0, 0.05) is 24.5 Å². The van der Waals surface area contributed by atoms with Gasteiger partial charge in [0.2, 0.25) is 0 Å². The lowest BCUT2D eigenvalue weighted by molar-refractivity contribution is -0.140. The van der Waals surface area contributed by atoms with E-state index in [0.29, 0.717) is 53.9 Å². The number of ether oxygens (including phenoxy) is 4. The molecule has 3 heterocycles. The SMILES string of the molecule is CCCCCOc1ccc(C2C(=C(O)c3ccc4c(c3)OCCO4)C(=O)C(=O)N2Cc2ccncc2)cc1OC. The van der Waals surface area contributed by atoms with Crippen molar-refractivity contribution >= 4 is 17.4 Å². The second kappa shape index (κ2) is 12.1. The van der Waals surface area contributed by atoms with Crippen molar-refractivity contribution < 1.29 is 33.6 Å². The number of pyridine rings is 1. The highest BCUT2D eigenvalue weighted by Gasteiger charge is 2.46. The summed E-state index contributed by atoms with van der Waals surface area (Å²) in [6, 6.07) is 13.0. The van der Waals surface area contributed by atoms with Crippen molar-refractivity contribution in [1.29, 1.82) is 0 Å². The van der Waals surface area contributed by atoms with E-state index < -0.39 is 17.7 Å². The number of aliphatic hydroxyl groups excluding tert-OH is 1. The summed E-state index contributed by atoms with van der Waals surface area (Å²) in [7, 11) is 1.54. The van der Waals surface area contributed by atoms with Gasteiger partial charge in [-0.15, -0.1) is 0 Å². The highest BCUT2D eigenvalue weighted by atomic mass is 16.6. The number of amides is 1. The van der Waals surface area contributed by atoms with Crippen LogP contribution in [0.4, 0.5) is 0 Å². The molecule has 9 nitrogen and oxygen atoms in total. The molecule has 2 aliphatic rings. The molecular formula is C31H32N2O7. The molecule has 2 aromatic carbocycles. The lowest BCUT2D eigenvalue weighted by Crippen LogP contribution is -2.29. The number of fused-ring (bicyclic) bond motifs is 1. The van der Waals surface area contributed by atoms with Crippen molar-refractivity contribution in [1.82, 2.24) is 9.88 Å². The fourth-order valence-corrected chi connectivity index (χ4v) is 4.93. The first-order valence-electron chi connectivity index (χ1n) is 13.4. The summed E-state index contributed by atoms with van der Waals surface area (Å²) in [5.74, 6) is 0.283. The molecule has 0 spiro atoms. The van der Waals surface area contributed by atoms with E-state index in [4.69, 9.17) is 18.9 Å². The fraction of sp³-hybridized carbons (Fsp3) is 0.323. The van der Waals surface area contributed by atoms with Gasteiger partial charge in [0.15, 0.2) is 23.0 Å². The molecule has 1 saturated heterocycles. The number of hydrogen-bond donors (Lipinski definition) is 1. The van der Waals surface area contributed by atoms with Crippen LogP contribution in [0.5, 0.6) is 23.0 Å². The van der Waals surface area contributed by atoms with Crippen LogP contribution in [-0.2, 0) is 16.1 Å². The molecule has 0 bridgehead atoms. The molecule has 1 fully saturated rings. The summed E-state index contributed by atoms with van der Waals surface area (Å²) in [6.45, 7) is 3.63. The van der Waals surface area contributed by atoms with Gasteiger partial charge in [-0.1, -0.05) is 25.8 Å². The molecule has 1 atom stereocenters. The first-order valence-corrected chi connectivity index (χ1v) is 13.4. The lowest BCUT2D eigenvalue weighted by atomic mass is 9.94. The minimum atomic E-state index is -0.871. The Morgan fingerprint density at radius 2 is 1.77 bits per heavy atom. The molecule has 2 aliphatic heterocycles. The highest BCUT2D eigenvalue weighted by Crippen LogP contribution is 2.43. The highest BCUT2D eigenvalue weighted by molar-refractivity contribution is 6.46. The Balaban J connectivity index is 1.58. The Morgan fingerprint density at radius 3 is 2.52 bits per heavy atom. The van der Waals surface area contributed by atoms with Gasteiger partial charge in [-0.25, -0.2) is 0 Å². The van der Waals surface area contributed by atoms with E-state index in [1.54, 1.807) is 68.0 Å². The monoisotopic (exact) mass is 544 g/mol. The van der Waals surface area contributed by atoms with E-state index in [-0.39, 0.29) is 17.9 Å². The maximum absolute atomic E-state index is 13.5. The van der Waals surface area contributed by atoms with Crippen molar-refractivity contribution in [3.63, 3.8) is 0 Å². The van der Waals surface area contributed by atoms with Gasteiger partial charge in [0.25, 0.3) is 11.7 Å². The third-order valence-corrected chi connectivity index (χ3v) is 6.97. The Labute approximate surface area is 233 Å². The van der Waals surface area contributed by atoms with Crippen molar-refractivity contribution in [3.05, 3.63) is 83.2 Å². The van der Waals surface area contributed by atoms with Gasteiger partial charge in [0.1, 0.15) is 19.0 Å². The maximum Gasteiger partial charge on any atom is 0.295 e. The van der Waals surface area contributed by atoms with E-state index in [1.807, 2.05) is 0 Å². The van der Waals surface area contributed by atoms with Crippen LogP contribution in [0.2, 0.25) is 0 Å². The average Bonchev–Trinajstić information content (AvgIpc) is 3.24. The fourth-order valence-electron chi connectivity index (χ4n) is 4.93. The van der Waals surface area contributed by atoms with Gasteiger partial charge in [0.05, 0.1) is 25.3 Å². The van der Waals surface area contributed by atoms with Crippen LogP contribution >= 0.6 is 0 Å². The number of Topliss-reactive ketones (excluding diaryl/α,β-unsaturated/α-hetero) is 1. The number of ketones is 1. The lowest BCUT2D eigenvalue weighted by Gasteiger charge is -2.26. The number of benzene rings is 2. The zero-order valence-corrected chi connectivity index (χ0v) is 22.6. The number of hydrogen-bond acceptors (Lipinski definition) is 8. The third kappa shape index (κ3) is 5.45. The smallest absolute Gasteiger partial charge is 0.295 e. The number of carbonyl (C=O) groups excluding carboxylic acids is 2. The molecule has 0 aliphatic carbocycles. The average molecular weight is 545 g/mol. The largest absolute Gasteiger partial charge is 0.507 e. The van der Waals surface area contributed by atoms with Crippen molar-refractivity contribution in [2.45, 2.75) is 38.8 Å². The topological polar surface area (TPSA) is 107 Å². The van der Waals surface area contributed by atoms with Crippen molar-refractivity contribution in [2.24, 2.45) is 0 Å². The number of unbranched alkanes of at least 4 members (excludes halogenated alkanes) is 2. The van der Waals surface area contributed by atoms with Crippen LogP contribution in [0.15, 0.2) is 66.5 Å². The zero-order valence-electron chi connectivity index (χ0n) is 22.6. The summed E-state index contributed by atoms with van der Waals surface area (Å²) in [5.41, 5.74) is 1.72. The molecule has 9 heteroatoms. The molecule has 1 unspecified atom stereocenters. The van der Waals surface area contributed by atoms with Gasteiger partial charge in [-0.2, -0.15) is 0 Å². The summed E-state index contributed by atoms with van der Waals surface area (Å²) >= 11 is 0. The molecule has 1 amide bonds. The zero-order chi connectivity index (χ0) is 28.1. The molecule has 1 aromatic heterocycles. The standard InChI is InChI=1S/C31H32N2O7/c1-3-4-5-14-38-23-8-6-21(17-25(23)37-2)28-27(29(34)22-7-9-24-26(18-22)40-16-15-39-24)30(35)31(36)33(28)19-20-10-12-32-13-11-20/h6-13,17-18,28,34H,3-5,14-16,19H2,1-2H3. The quantitative estimate of drug-likeness (QED) is 0.164. The third-order valence-electron chi connectivity index (χ3n) is 6.97. The normalized spacial score (nSPS) is 17.6. The van der Waals surface area contributed by atoms with E-state index in [9.17, 15) is 14.7 Å².